The molecule has 0 bridgehead atoms. The van der Waals surface area contributed by atoms with E-state index >= 15 is 0 Å². The van der Waals surface area contributed by atoms with Crippen molar-refractivity contribution in [3.63, 3.8) is 0 Å². The van der Waals surface area contributed by atoms with E-state index in [0.717, 1.165) is 25.0 Å². The topological polar surface area (TPSA) is 94.0 Å². The molecule has 0 fully saturated rings. The Kier molecular flexibility index (Phi) is 3.78. The van der Waals surface area contributed by atoms with Crippen molar-refractivity contribution in [3.05, 3.63) is 46.3 Å². The van der Waals surface area contributed by atoms with Gasteiger partial charge in [-0.2, -0.15) is 0 Å². The second-order valence-corrected chi connectivity index (χ2v) is 7.61. The van der Waals surface area contributed by atoms with Gasteiger partial charge in [-0.05, 0) is 50.8 Å². The quantitative estimate of drug-likeness (QED) is 0.567. The summed E-state index contributed by atoms with van der Waals surface area (Å²) in [4.78, 5) is 23.3. The van der Waals surface area contributed by atoms with Crippen LogP contribution < -0.4 is 5.32 Å². The van der Waals surface area contributed by atoms with Crippen LogP contribution in [-0.2, 0) is 12.8 Å². The lowest BCUT2D eigenvalue weighted by atomic mass is 10.0. The number of carbonyl (C=O) groups excluding carboxylic acids is 1. The molecule has 0 aliphatic heterocycles. The first-order valence-corrected chi connectivity index (χ1v) is 9.61. The van der Waals surface area contributed by atoms with E-state index in [9.17, 15) is 4.79 Å². The SMILES string of the molecule is Cc1noc2nc(-c3ccco3)cc(C(=O)Nc3nc4c(s3)CCCC4)c12. The third-order valence-electron chi connectivity index (χ3n) is 4.70. The zero-order valence-corrected chi connectivity index (χ0v) is 15.4. The Morgan fingerprint density at radius 2 is 2.15 bits per heavy atom. The molecule has 8 heteroatoms. The molecule has 0 unspecified atom stereocenters. The number of carbonyl (C=O) groups is 1. The highest BCUT2D eigenvalue weighted by Crippen LogP contribution is 2.31. The molecule has 0 spiro atoms. The van der Waals surface area contributed by atoms with Gasteiger partial charge in [0.1, 0.15) is 5.69 Å². The molecule has 0 atom stereocenters. The maximum Gasteiger partial charge on any atom is 0.259 e. The number of thiazole rings is 1. The van der Waals surface area contributed by atoms with Gasteiger partial charge in [0.05, 0.1) is 28.6 Å². The molecule has 1 N–H and O–H groups in total. The van der Waals surface area contributed by atoms with Crippen LogP contribution in [0.2, 0.25) is 0 Å². The summed E-state index contributed by atoms with van der Waals surface area (Å²) in [6, 6.07) is 5.26. The Hall–Kier alpha value is -3.00. The van der Waals surface area contributed by atoms with Crippen LogP contribution in [-0.4, -0.2) is 21.0 Å². The minimum atomic E-state index is -0.257. The number of hydrogen-bond acceptors (Lipinski definition) is 7. The standard InChI is InChI=1S/C19H16N4O3S/c1-10-16-11(9-13(14-6-4-8-25-14)20-18(16)26-23-10)17(24)22-19-21-12-5-2-3-7-15(12)27-19/h4,6,8-9H,2-3,5,7H2,1H3,(H,21,22,24). The number of aromatic nitrogens is 3. The highest BCUT2D eigenvalue weighted by atomic mass is 32.1. The van der Waals surface area contributed by atoms with E-state index < -0.39 is 0 Å². The molecular formula is C19H16N4O3S. The van der Waals surface area contributed by atoms with Gasteiger partial charge >= 0.3 is 0 Å². The Balaban J connectivity index is 1.55. The van der Waals surface area contributed by atoms with Crippen LogP contribution in [0.15, 0.2) is 33.4 Å². The van der Waals surface area contributed by atoms with Gasteiger partial charge in [0.2, 0.25) is 0 Å². The fraction of sp³-hybridized carbons (Fsp3) is 0.263. The van der Waals surface area contributed by atoms with Crippen LogP contribution >= 0.6 is 11.3 Å². The molecule has 0 radical (unpaired) electrons. The van der Waals surface area contributed by atoms with Crippen molar-refractivity contribution < 1.29 is 13.7 Å². The summed E-state index contributed by atoms with van der Waals surface area (Å²) in [7, 11) is 0. The highest BCUT2D eigenvalue weighted by Gasteiger charge is 2.22. The predicted molar refractivity (Wildman–Crippen MR) is 101 cm³/mol. The number of rotatable bonds is 3. The lowest BCUT2D eigenvalue weighted by Crippen LogP contribution is -2.13. The van der Waals surface area contributed by atoms with Crippen LogP contribution in [0.25, 0.3) is 22.6 Å². The van der Waals surface area contributed by atoms with Crippen LogP contribution in [0.1, 0.15) is 39.5 Å². The molecule has 0 saturated heterocycles. The monoisotopic (exact) mass is 380 g/mol. The van der Waals surface area contributed by atoms with Crippen LogP contribution in [0.3, 0.4) is 0 Å². The molecule has 4 aromatic heterocycles. The fourth-order valence-corrected chi connectivity index (χ4v) is 4.44. The number of nitrogens with zero attached hydrogens (tertiary/aromatic N) is 3. The number of aryl methyl sites for hydroxylation is 3. The average Bonchev–Trinajstić information content (AvgIpc) is 3.40. The molecule has 27 heavy (non-hydrogen) atoms. The zero-order chi connectivity index (χ0) is 18.4. The zero-order valence-electron chi connectivity index (χ0n) is 14.6. The molecule has 5 rings (SSSR count). The maximum absolute atomic E-state index is 13.0. The van der Waals surface area contributed by atoms with Crippen LogP contribution in [0.5, 0.6) is 0 Å². The average molecular weight is 380 g/mol. The van der Waals surface area contributed by atoms with Crippen molar-refractivity contribution in [1.82, 2.24) is 15.1 Å². The van der Waals surface area contributed by atoms with Crippen molar-refractivity contribution >= 4 is 33.5 Å². The number of nitrogens with one attached hydrogen (secondary N) is 1. The van der Waals surface area contributed by atoms with Gasteiger partial charge in [0.15, 0.2) is 10.9 Å². The summed E-state index contributed by atoms with van der Waals surface area (Å²) < 4.78 is 10.7. The summed E-state index contributed by atoms with van der Waals surface area (Å²) in [5.41, 5.74) is 3.00. The van der Waals surface area contributed by atoms with Crippen molar-refractivity contribution in [2.24, 2.45) is 0 Å². The second-order valence-electron chi connectivity index (χ2n) is 6.53. The lowest BCUT2D eigenvalue weighted by Gasteiger charge is -2.06. The first-order valence-electron chi connectivity index (χ1n) is 8.80. The normalized spacial score (nSPS) is 13.7. The van der Waals surface area contributed by atoms with Gasteiger partial charge in [-0.15, -0.1) is 11.3 Å². The predicted octanol–water partition coefficient (Wildman–Crippen LogP) is 4.38. The summed E-state index contributed by atoms with van der Waals surface area (Å²) in [5, 5.41) is 8.13. The Bertz CT molecular complexity index is 1120. The van der Waals surface area contributed by atoms with Gasteiger partial charge in [0.25, 0.3) is 11.6 Å². The summed E-state index contributed by atoms with van der Waals surface area (Å²) in [6.45, 7) is 1.79. The van der Waals surface area contributed by atoms with E-state index in [4.69, 9.17) is 8.94 Å². The van der Waals surface area contributed by atoms with E-state index in [0.29, 0.717) is 38.9 Å². The van der Waals surface area contributed by atoms with E-state index in [2.05, 4.69) is 20.4 Å². The number of amides is 1. The van der Waals surface area contributed by atoms with Crippen molar-refractivity contribution in [2.75, 3.05) is 5.32 Å². The molecule has 136 valence electrons. The molecule has 1 aliphatic carbocycles. The third kappa shape index (κ3) is 2.82. The van der Waals surface area contributed by atoms with Crippen LogP contribution in [0.4, 0.5) is 5.13 Å². The lowest BCUT2D eigenvalue weighted by molar-refractivity contribution is 0.102. The molecule has 1 amide bonds. The van der Waals surface area contributed by atoms with Crippen molar-refractivity contribution in [3.8, 4) is 11.5 Å². The van der Waals surface area contributed by atoms with Gasteiger partial charge in [0, 0.05) is 4.88 Å². The van der Waals surface area contributed by atoms with Crippen molar-refractivity contribution in [2.45, 2.75) is 32.6 Å². The second kappa shape index (κ2) is 6.31. The van der Waals surface area contributed by atoms with Gasteiger partial charge < -0.3 is 8.94 Å². The molecule has 0 aromatic carbocycles. The number of anilines is 1. The first-order chi connectivity index (χ1) is 13.2. The highest BCUT2D eigenvalue weighted by molar-refractivity contribution is 7.15. The summed E-state index contributed by atoms with van der Waals surface area (Å²) >= 11 is 1.56. The Morgan fingerprint density at radius 3 is 2.96 bits per heavy atom. The van der Waals surface area contributed by atoms with Gasteiger partial charge in [-0.3, -0.25) is 10.1 Å². The fourth-order valence-electron chi connectivity index (χ4n) is 3.39. The van der Waals surface area contributed by atoms with Gasteiger partial charge in [-0.25, -0.2) is 9.97 Å². The minimum absolute atomic E-state index is 0.257. The van der Waals surface area contributed by atoms with E-state index in [-0.39, 0.29) is 5.91 Å². The number of pyridine rings is 1. The molecule has 4 heterocycles. The summed E-state index contributed by atoms with van der Waals surface area (Å²) in [6.07, 6.45) is 5.92. The smallest absolute Gasteiger partial charge is 0.259 e. The molecule has 4 aromatic rings. The number of fused-ring (bicyclic) bond motifs is 2. The van der Waals surface area contributed by atoms with E-state index in [1.54, 1.807) is 42.7 Å². The molecule has 0 saturated carbocycles. The number of hydrogen-bond donors (Lipinski definition) is 1. The third-order valence-corrected chi connectivity index (χ3v) is 5.77. The number of furan rings is 1. The van der Waals surface area contributed by atoms with E-state index in [1.165, 1.54) is 11.3 Å². The maximum atomic E-state index is 13.0. The van der Waals surface area contributed by atoms with Gasteiger partial charge in [-0.1, -0.05) is 5.16 Å². The summed E-state index contributed by atoms with van der Waals surface area (Å²) in [5.74, 6) is 0.303. The van der Waals surface area contributed by atoms with Crippen molar-refractivity contribution in [1.29, 1.82) is 0 Å². The molecule has 7 nitrogen and oxygen atoms in total. The molecular weight excluding hydrogens is 364 g/mol. The van der Waals surface area contributed by atoms with Crippen LogP contribution in [0, 0.1) is 6.92 Å². The Morgan fingerprint density at radius 1 is 1.26 bits per heavy atom. The minimum Gasteiger partial charge on any atom is -0.463 e. The van der Waals surface area contributed by atoms with E-state index in [1.807, 2.05) is 0 Å². The Labute approximate surface area is 158 Å². The molecule has 1 aliphatic rings. The first kappa shape index (κ1) is 16.2. The largest absolute Gasteiger partial charge is 0.463 e.